The molecule has 22 heavy (non-hydrogen) atoms. The molecule has 120 valence electrons. The van der Waals surface area contributed by atoms with Crippen LogP contribution in [-0.4, -0.2) is 35.1 Å². The van der Waals surface area contributed by atoms with Crippen LogP contribution in [0, 0.1) is 18.8 Å². The Labute approximate surface area is 133 Å². The minimum Gasteiger partial charge on any atom is -0.393 e. The maximum Gasteiger partial charge on any atom is 0.222 e. The van der Waals surface area contributed by atoms with Crippen molar-refractivity contribution in [2.45, 2.75) is 57.6 Å². The van der Waals surface area contributed by atoms with Gasteiger partial charge in [0.15, 0.2) is 0 Å². The molecule has 3 nitrogen and oxygen atoms in total. The largest absolute Gasteiger partial charge is 0.393 e. The number of rotatable bonds is 4. The zero-order chi connectivity index (χ0) is 15.7. The van der Waals surface area contributed by atoms with Crippen LogP contribution < -0.4 is 0 Å². The first-order chi connectivity index (χ1) is 10.5. The molecule has 1 aromatic carbocycles. The molecule has 2 saturated carbocycles. The molecule has 0 spiro atoms. The summed E-state index contributed by atoms with van der Waals surface area (Å²) < 4.78 is 0. The Morgan fingerprint density at radius 2 is 1.82 bits per heavy atom. The predicted octanol–water partition coefficient (Wildman–Crippen LogP) is 2.94. The molecule has 0 heterocycles. The number of carbonyl (C=O) groups is 1. The maximum absolute atomic E-state index is 12.5. The molecule has 0 aromatic heterocycles. The minimum absolute atomic E-state index is 0.0991. The van der Waals surface area contributed by atoms with Gasteiger partial charge in [0.05, 0.1) is 6.10 Å². The van der Waals surface area contributed by atoms with Gasteiger partial charge in [0.25, 0.3) is 0 Å². The van der Waals surface area contributed by atoms with Crippen molar-refractivity contribution in [1.29, 1.82) is 0 Å². The number of nitrogens with zero attached hydrogens (tertiary/aromatic N) is 1. The van der Waals surface area contributed by atoms with E-state index in [1.54, 1.807) is 0 Å². The summed E-state index contributed by atoms with van der Waals surface area (Å²) >= 11 is 0. The molecule has 0 radical (unpaired) electrons. The van der Waals surface area contributed by atoms with E-state index in [2.05, 4.69) is 19.1 Å². The van der Waals surface area contributed by atoms with Crippen molar-refractivity contribution in [2.24, 2.45) is 11.8 Å². The molecule has 0 saturated heterocycles. The van der Waals surface area contributed by atoms with Crippen LogP contribution in [0.5, 0.6) is 0 Å². The Morgan fingerprint density at radius 1 is 1.18 bits per heavy atom. The normalized spacial score (nSPS) is 30.3. The van der Waals surface area contributed by atoms with Crippen molar-refractivity contribution in [2.75, 3.05) is 7.05 Å². The van der Waals surface area contributed by atoms with Gasteiger partial charge in [0.2, 0.25) is 5.91 Å². The summed E-state index contributed by atoms with van der Waals surface area (Å²) in [6, 6.07) is 8.68. The fourth-order valence-corrected chi connectivity index (χ4v) is 4.38. The molecule has 2 aliphatic carbocycles. The summed E-state index contributed by atoms with van der Waals surface area (Å²) in [6.45, 7) is 2.10. The van der Waals surface area contributed by atoms with Crippen molar-refractivity contribution in [3.8, 4) is 0 Å². The first-order valence-electron chi connectivity index (χ1n) is 8.53. The van der Waals surface area contributed by atoms with E-state index in [1.807, 2.05) is 24.1 Å². The fraction of sp³-hybridized carbons (Fsp3) is 0.632. The van der Waals surface area contributed by atoms with Crippen LogP contribution in [0.25, 0.3) is 0 Å². The zero-order valence-corrected chi connectivity index (χ0v) is 13.7. The second-order valence-electron chi connectivity index (χ2n) is 7.20. The van der Waals surface area contributed by atoms with E-state index in [0.29, 0.717) is 24.3 Å². The molecule has 1 N–H and O–H groups in total. The number of aryl methyl sites for hydroxylation is 2. The van der Waals surface area contributed by atoms with Crippen molar-refractivity contribution in [3.63, 3.8) is 0 Å². The fourth-order valence-electron chi connectivity index (χ4n) is 4.38. The Balaban J connectivity index is 1.52. The number of aliphatic hydroxyl groups is 1. The van der Waals surface area contributed by atoms with E-state index in [1.165, 1.54) is 11.1 Å². The number of aliphatic hydroxyl groups excluding tert-OH is 1. The summed E-state index contributed by atoms with van der Waals surface area (Å²) in [5.41, 5.74) is 2.54. The van der Waals surface area contributed by atoms with E-state index in [-0.39, 0.29) is 12.0 Å². The third kappa shape index (κ3) is 3.19. The van der Waals surface area contributed by atoms with Gasteiger partial charge in [-0.05, 0) is 62.0 Å². The molecule has 1 aromatic rings. The summed E-state index contributed by atoms with van der Waals surface area (Å²) in [7, 11) is 1.96. The van der Waals surface area contributed by atoms with Crippen molar-refractivity contribution >= 4 is 5.91 Å². The van der Waals surface area contributed by atoms with Crippen molar-refractivity contribution < 1.29 is 9.90 Å². The minimum atomic E-state index is -0.0991. The van der Waals surface area contributed by atoms with Gasteiger partial charge in [0.1, 0.15) is 0 Å². The highest BCUT2D eigenvalue weighted by atomic mass is 16.3. The van der Waals surface area contributed by atoms with Crippen LogP contribution in [0.2, 0.25) is 0 Å². The maximum atomic E-state index is 12.5. The lowest BCUT2D eigenvalue weighted by Crippen LogP contribution is -2.36. The molecule has 0 bridgehead atoms. The molecule has 3 heteroatoms. The lowest BCUT2D eigenvalue weighted by molar-refractivity contribution is -0.131. The third-order valence-electron chi connectivity index (χ3n) is 5.78. The highest BCUT2D eigenvalue weighted by Crippen LogP contribution is 2.45. The summed E-state index contributed by atoms with van der Waals surface area (Å²) in [6.07, 6.45) is 5.35. The molecular weight excluding hydrogens is 274 g/mol. The van der Waals surface area contributed by atoms with Gasteiger partial charge in [-0.15, -0.1) is 0 Å². The molecule has 0 aliphatic heterocycles. The molecule has 4 atom stereocenters. The third-order valence-corrected chi connectivity index (χ3v) is 5.78. The summed E-state index contributed by atoms with van der Waals surface area (Å²) in [4.78, 5) is 14.5. The molecule has 2 fully saturated rings. The highest BCUT2D eigenvalue weighted by Gasteiger charge is 2.42. The van der Waals surface area contributed by atoms with E-state index in [9.17, 15) is 9.90 Å². The number of amides is 1. The molecule has 1 amide bonds. The Hall–Kier alpha value is -1.35. The Kier molecular flexibility index (Phi) is 4.53. The van der Waals surface area contributed by atoms with Crippen LogP contribution in [0.4, 0.5) is 0 Å². The average molecular weight is 301 g/mol. The molecule has 2 aliphatic rings. The van der Waals surface area contributed by atoms with Gasteiger partial charge < -0.3 is 10.0 Å². The molecule has 2 unspecified atom stereocenters. The second kappa shape index (κ2) is 6.41. The van der Waals surface area contributed by atoms with E-state index < -0.39 is 0 Å². The standard InChI is InChI=1S/C19H27NO2/c1-13-5-3-4-6-14(13)7-8-19(22)20(2)17-9-15-11-18(21)12-16(15)10-17/h3-6,15-18,21H,7-12H2,1-2H3/t15-,16+,17?,18?. The quantitative estimate of drug-likeness (QED) is 0.929. The smallest absolute Gasteiger partial charge is 0.222 e. The van der Waals surface area contributed by atoms with Gasteiger partial charge in [0, 0.05) is 19.5 Å². The van der Waals surface area contributed by atoms with Gasteiger partial charge >= 0.3 is 0 Å². The molecule has 3 rings (SSSR count). The van der Waals surface area contributed by atoms with Crippen LogP contribution in [0.1, 0.15) is 43.2 Å². The van der Waals surface area contributed by atoms with Crippen LogP contribution in [0.3, 0.4) is 0 Å². The summed E-state index contributed by atoms with van der Waals surface area (Å²) in [5.74, 6) is 1.52. The van der Waals surface area contributed by atoms with Crippen LogP contribution in [-0.2, 0) is 11.2 Å². The zero-order valence-electron chi connectivity index (χ0n) is 13.7. The lowest BCUT2D eigenvalue weighted by Gasteiger charge is -2.26. The lowest BCUT2D eigenvalue weighted by atomic mass is 10.0. The van der Waals surface area contributed by atoms with Crippen LogP contribution in [0.15, 0.2) is 24.3 Å². The van der Waals surface area contributed by atoms with E-state index in [0.717, 1.165) is 32.1 Å². The number of fused-ring (bicyclic) bond motifs is 1. The van der Waals surface area contributed by atoms with Crippen molar-refractivity contribution in [1.82, 2.24) is 4.90 Å². The number of benzene rings is 1. The van der Waals surface area contributed by atoms with Gasteiger partial charge in [-0.1, -0.05) is 24.3 Å². The highest BCUT2D eigenvalue weighted by molar-refractivity contribution is 5.76. The second-order valence-corrected chi connectivity index (χ2v) is 7.20. The topological polar surface area (TPSA) is 40.5 Å². The first-order valence-corrected chi connectivity index (χ1v) is 8.53. The van der Waals surface area contributed by atoms with Gasteiger partial charge in [-0.2, -0.15) is 0 Å². The first kappa shape index (κ1) is 15.5. The van der Waals surface area contributed by atoms with Gasteiger partial charge in [-0.25, -0.2) is 0 Å². The predicted molar refractivity (Wildman–Crippen MR) is 87.5 cm³/mol. The van der Waals surface area contributed by atoms with Crippen LogP contribution >= 0.6 is 0 Å². The number of carbonyl (C=O) groups excluding carboxylic acids is 1. The van der Waals surface area contributed by atoms with Crippen molar-refractivity contribution in [3.05, 3.63) is 35.4 Å². The number of hydrogen-bond donors (Lipinski definition) is 1. The number of hydrogen-bond acceptors (Lipinski definition) is 2. The Morgan fingerprint density at radius 3 is 2.45 bits per heavy atom. The van der Waals surface area contributed by atoms with E-state index >= 15 is 0 Å². The summed E-state index contributed by atoms with van der Waals surface area (Å²) in [5, 5.41) is 9.72. The average Bonchev–Trinajstić information content (AvgIpc) is 3.02. The SMILES string of the molecule is Cc1ccccc1CCC(=O)N(C)C1C[C@H]2CC(O)C[C@H]2C1. The van der Waals surface area contributed by atoms with E-state index in [4.69, 9.17) is 0 Å². The molecular formula is C19H27NO2. The van der Waals surface area contributed by atoms with Gasteiger partial charge in [-0.3, -0.25) is 4.79 Å². The Bertz CT molecular complexity index is 528. The monoisotopic (exact) mass is 301 g/mol.